The van der Waals surface area contributed by atoms with Gasteiger partial charge in [-0.1, -0.05) is 0 Å². The molecule has 0 amide bonds. The largest absolute Gasteiger partial charge is 0.392 e. The Bertz CT molecular complexity index is 88.9. The molecule has 0 heterocycles. The molecule has 2 nitrogen and oxygen atoms in total. The second-order valence-electron chi connectivity index (χ2n) is 1.49. The monoisotopic (exact) mass is 117 g/mol. The van der Waals surface area contributed by atoms with Crippen molar-refractivity contribution in [3.8, 4) is 6.07 Å². The number of nitrogens with zero attached hydrogens (tertiary/aromatic N) is 1. The van der Waals surface area contributed by atoms with E-state index in [9.17, 15) is 4.39 Å². The van der Waals surface area contributed by atoms with E-state index in [0.29, 0.717) is 0 Å². The molecule has 3 heteroatoms. The summed E-state index contributed by atoms with van der Waals surface area (Å²) < 4.78 is 11.3. The fourth-order valence-corrected chi connectivity index (χ4v) is 0.333. The molecule has 0 saturated carbocycles. The summed E-state index contributed by atoms with van der Waals surface area (Å²) in [5.74, 6) is 0. The molecule has 0 saturated heterocycles. The highest BCUT2D eigenvalue weighted by molar-refractivity contribution is 4.74. The van der Waals surface area contributed by atoms with Crippen molar-refractivity contribution in [1.82, 2.24) is 0 Å². The zero-order valence-electron chi connectivity index (χ0n) is 4.47. The summed E-state index contributed by atoms with van der Waals surface area (Å²) in [5.41, 5.74) is 0. The number of alkyl halides is 1. The van der Waals surface area contributed by atoms with Crippen molar-refractivity contribution < 1.29 is 9.50 Å². The SMILES string of the molecule is N#CCC(O)CCF. The molecule has 1 N–H and O–H groups in total. The Hall–Kier alpha value is -0.620. The first-order chi connectivity index (χ1) is 3.81. The number of aliphatic hydroxyl groups excluding tert-OH is 1. The molecule has 0 rings (SSSR count). The zero-order chi connectivity index (χ0) is 6.41. The van der Waals surface area contributed by atoms with Crippen LogP contribution in [0, 0.1) is 11.3 Å². The van der Waals surface area contributed by atoms with Crippen molar-refractivity contribution in [3.05, 3.63) is 0 Å². The average Bonchev–Trinajstić information content (AvgIpc) is 1.68. The van der Waals surface area contributed by atoms with Gasteiger partial charge in [0.2, 0.25) is 0 Å². The third-order valence-electron chi connectivity index (χ3n) is 0.769. The molecule has 0 radical (unpaired) electrons. The van der Waals surface area contributed by atoms with Crippen molar-refractivity contribution in [1.29, 1.82) is 5.26 Å². The van der Waals surface area contributed by atoms with E-state index in [1.807, 2.05) is 0 Å². The highest BCUT2D eigenvalue weighted by atomic mass is 19.1. The van der Waals surface area contributed by atoms with E-state index in [1.54, 1.807) is 6.07 Å². The Morgan fingerprint density at radius 3 is 2.75 bits per heavy atom. The van der Waals surface area contributed by atoms with Gasteiger partial charge in [0.1, 0.15) is 0 Å². The number of rotatable bonds is 3. The molecule has 46 valence electrons. The molecule has 0 bridgehead atoms. The summed E-state index contributed by atoms with van der Waals surface area (Å²) >= 11 is 0. The van der Waals surface area contributed by atoms with Crippen LogP contribution in [0.4, 0.5) is 4.39 Å². The number of halogens is 1. The maximum Gasteiger partial charge on any atom is 0.0919 e. The topological polar surface area (TPSA) is 44.0 Å². The smallest absolute Gasteiger partial charge is 0.0919 e. The maximum atomic E-state index is 11.3. The van der Waals surface area contributed by atoms with E-state index in [2.05, 4.69) is 0 Å². The highest BCUT2D eigenvalue weighted by Gasteiger charge is 1.99. The van der Waals surface area contributed by atoms with Crippen LogP contribution >= 0.6 is 0 Å². The van der Waals surface area contributed by atoms with Gasteiger partial charge < -0.3 is 5.11 Å². The first-order valence-electron chi connectivity index (χ1n) is 2.42. The van der Waals surface area contributed by atoms with Crippen molar-refractivity contribution in [3.63, 3.8) is 0 Å². The third-order valence-corrected chi connectivity index (χ3v) is 0.769. The molecular weight excluding hydrogens is 109 g/mol. The van der Waals surface area contributed by atoms with Crippen molar-refractivity contribution in [2.45, 2.75) is 18.9 Å². The van der Waals surface area contributed by atoms with Gasteiger partial charge in [-0.15, -0.1) is 0 Å². The average molecular weight is 117 g/mol. The minimum absolute atomic E-state index is 0.0317. The first-order valence-corrected chi connectivity index (χ1v) is 2.42. The van der Waals surface area contributed by atoms with Crippen LogP contribution in [0.3, 0.4) is 0 Å². The van der Waals surface area contributed by atoms with E-state index in [-0.39, 0.29) is 12.8 Å². The van der Waals surface area contributed by atoms with Gasteiger partial charge in [-0.25, -0.2) is 0 Å². The van der Waals surface area contributed by atoms with E-state index in [0.717, 1.165) is 0 Å². The van der Waals surface area contributed by atoms with Gasteiger partial charge in [0.15, 0.2) is 0 Å². The van der Waals surface area contributed by atoms with Gasteiger partial charge >= 0.3 is 0 Å². The Balaban J connectivity index is 3.08. The standard InChI is InChI=1S/C5H8FNO/c6-3-1-5(8)2-4-7/h5,8H,1-3H2. The van der Waals surface area contributed by atoms with Crippen molar-refractivity contribution >= 4 is 0 Å². The molecule has 0 aromatic carbocycles. The summed E-state index contributed by atoms with van der Waals surface area (Å²) in [5, 5.41) is 16.5. The third kappa shape index (κ3) is 3.57. The lowest BCUT2D eigenvalue weighted by Gasteiger charge is -1.98. The molecule has 0 fully saturated rings. The number of aliphatic hydroxyl groups is 1. The molecule has 1 unspecified atom stereocenters. The Morgan fingerprint density at radius 2 is 2.38 bits per heavy atom. The summed E-state index contributed by atoms with van der Waals surface area (Å²) in [6, 6.07) is 1.74. The van der Waals surface area contributed by atoms with Crippen LogP contribution in [-0.4, -0.2) is 17.9 Å². The van der Waals surface area contributed by atoms with Crippen LogP contribution in [-0.2, 0) is 0 Å². The zero-order valence-corrected chi connectivity index (χ0v) is 4.47. The fraction of sp³-hybridized carbons (Fsp3) is 0.800. The molecule has 0 aliphatic heterocycles. The van der Waals surface area contributed by atoms with Gasteiger partial charge in [-0.05, 0) is 0 Å². The lowest BCUT2D eigenvalue weighted by molar-refractivity contribution is 0.158. The van der Waals surface area contributed by atoms with Crippen molar-refractivity contribution in [2.24, 2.45) is 0 Å². The van der Waals surface area contributed by atoms with E-state index in [4.69, 9.17) is 10.4 Å². The van der Waals surface area contributed by atoms with Gasteiger partial charge in [-0.2, -0.15) is 5.26 Å². The molecule has 0 aliphatic carbocycles. The normalized spacial score (nSPS) is 12.6. The minimum atomic E-state index is -0.773. The lowest BCUT2D eigenvalue weighted by atomic mass is 10.2. The predicted octanol–water partition coefficient (Wildman–Crippen LogP) is 0.621. The van der Waals surface area contributed by atoms with Gasteiger partial charge in [0.25, 0.3) is 0 Å². The second-order valence-corrected chi connectivity index (χ2v) is 1.49. The summed E-state index contributed by atoms with van der Waals surface area (Å²) in [7, 11) is 0. The molecule has 0 aliphatic rings. The molecule has 8 heavy (non-hydrogen) atoms. The second kappa shape index (κ2) is 4.54. The highest BCUT2D eigenvalue weighted by Crippen LogP contribution is 1.95. The Morgan fingerprint density at radius 1 is 1.75 bits per heavy atom. The molecule has 0 aromatic heterocycles. The first kappa shape index (κ1) is 7.38. The summed E-state index contributed by atoms with van der Waals surface area (Å²) in [6.45, 7) is -0.553. The Kier molecular flexibility index (Phi) is 4.19. The summed E-state index contributed by atoms with van der Waals surface area (Å²) in [4.78, 5) is 0. The van der Waals surface area contributed by atoms with Crippen LogP contribution in [0.25, 0.3) is 0 Å². The van der Waals surface area contributed by atoms with Crippen LogP contribution in [0.1, 0.15) is 12.8 Å². The number of hydrogen-bond acceptors (Lipinski definition) is 2. The quantitative estimate of drug-likeness (QED) is 0.588. The van der Waals surface area contributed by atoms with Crippen molar-refractivity contribution in [2.75, 3.05) is 6.67 Å². The maximum absolute atomic E-state index is 11.3. The summed E-state index contributed by atoms with van der Waals surface area (Å²) in [6.07, 6.45) is -0.665. The van der Waals surface area contributed by atoms with Crippen LogP contribution < -0.4 is 0 Å². The van der Waals surface area contributed by atoms with Crippen LogP contribution in [0.2, 0.25) is 0 Å². The van der Waals surface area contributed by atoms with Gasteiger partial charge in [0, 0.05) is 6.42 Å². The van der Waals surface area contributed by atoms with Gasteiger partial charge in [-0.3, -0.25) is 4.39 Å². The van der Waals surface area contributed by atoms with Crippen LogP contribution in [0.15, 0.2) is 0 Å². The van der Waals surface area contributed by atoms with Crippen LogP contribution in [0.5, 0.6) is 0 Å². The van der Waals surface area contributed by atoms with Gasteiger partial charge in [0.05, 0.1) is 25.3 Å². The molecule has 1 atom stereocenters. The lowest BCUT2D eigenvalue weighted by Crippen LogP contribution is -2.05. The van der Waals surface area contributed by atoms with E-state index in [1.165, 1.54) is 0 Å². The fourth-order valence-electron chi connectivity index (χ4n) is 0.333. The Labute approximate surface area is 47.6 Å². The molecule has 0 spiro atoms. The number of nitriles is 1. The predicted molar refractivity (Wildman–Crippen MR) is 26.8 cm³/mol. The minimum Gasteiger partial charge on any atom is -0.392 e. The molecule has 0 aromatic rings. The number of hydrogen-bond donors (Lipinski definition) is 1. The molecular formula is C5H8FNO. The van der Waals surface area contributed by atoms with E-state index >= 15 is 0 Å². The van der Waals surface area contributed by atoms with E-state index < -0.39 is 12.8 Å².